The Morgan fingerprint density at radius 1 is 0.116 bits per heavy atom. The van der Waals surface area contributed by atoms with Gasteiger partial charge in [-0.15, -0.1) is 0 Å². The molecule has 0 saturated heterocycles. The van der Waals surface area contributed by atoms with Crippen molar-refractivity contribution in [3.8, 4) is 90.5 Å². The van der Waals surface area contributed by atoms with Crippen LogP contribution in [0.3, 0.4) is 0 Å². The Morgan fingerprint density at radius 2 is 0.196 bits per heavy atom. The zero-order valence-corrected chi connectivity index (χ0v) is 74.8. The molecule has 0 amide bonds. The third-order valence-corrected chi connectivity index (χ3v) is 23.5. The van der Waals surface area contributed by atoms with E-state index in [-0.39, 0.29) is 0 Å². The smallest absolute Gasteiger partial charge is 0.161 e. The number of rotatable bonds is 80. The fraction of sp³-hybridized carbons (Fsp3) is 0.769. The van der Waals surface area contributed by atoms with Gasteiger partial charge in [0.1, 0.15) is 0 Å². The molecular formula is C104H176O8. The molecule has 0 fully saturated rings. The Labute approximate surface area is 692 Å². The van der Waals surface area contributed by atoms with Crippen LogP contribution in [0.15, 0.2) is 48.5 Å². The molecule has 0 heterocycles. The minimum Gasteiger partial charge on any atom is -0.490 e. The number of hydrogen-bond donors (Lipinski definition) is 0. The number of ether oxygens (including phenoxy) is 8. The summed E-state index contributed by atoms with van der Waals surface area (Å²) in [5.74, 6) is 6.46. The first-order valence-corrected chi connectivity index (χ1v) is 49.2. The lowest BCUT2D eigenvalue weighted by atomic mass is 9.80. The van der Waals surface area contributed by atoms with E-state index in [1.165, 1.54) is 308 Å². The average molecular weight is 1550 g/mol. The summed E-state index contributed by atoms with van der Waals surface area (Å²) < 4.78 is 57.8. The predicted octanol–water partition coefficient (Wildman–Crippen LogP) is 34.8. The average Bonchev–Trinajstić information content (AvgIpc) is 0.726. The summed E-state index contributed by atoms with van der Waals surface area (Å²) in [4.78, 5) is 0. The molecule has 4 aromatic rings. The SMILES string of the molecule is CCCCCCCCCCOc1cc2c(cc1OCCCCCCCCCC)-c1cc(OCCCCCCCCCC)c(OCCCCCCCCCC)cc1-c1cc(OCCCCCCCCCC)c(OCCCCCCCCCC)cc1-c1cc(OCCCCCCCCCC)c(OCCCCCCCCCC)cc1-2. The Morgan fingerprint density at radius 3 is 0.286 bits per heavy atom. The minimum absolute atomic E-state index is 0.629. The van der Waals surface area contributed by atoms with Gasteiger partial charge in [-0.3, -0.25) is 0 Å². The maximum atomic E-state index is 7.23. The molecule has 0 aromatic heterocycles. The molecule has 0 N–H and O–H groups in total. The molecule has 112 heavy (non-hydrogen) atoms. The molecular weight excluding hydrogens is 1380 g/mol. The Balaban J connectivity index is 1.84. The van der Waals surface area contributed by atoms with E-state index in [0.29, 0.717) is 52.9 Å². The first kappa shape index (κ1) is 97.9. The van der Waals surface area contributed by atoms with Gasteiger partial charge in [-0.2, -0.15) is 0 Å². The molecule has 1 aliphatic carbocycles. The van der Waals surface area contributed by atoms with Gasteiger partial charge in [0, 0.05) is 0 Å². The second-order valence-electron chi connectivity index (χ2n) is 34.0. The number of unbranched alkanes of at least 4 members (excludes halogenated alkanes) is 56. The maximum absolute atomic E-state index is 7.23. The topological polar surface area (TPSA) is 73.8 Å². The summed E-state index contributed by atoms with van der Waals surface area (Å²) in [5, 5.41) is 0. The fourth-order valence-corrected chi connectivity index (χ4v) is 16.3. The molecule has 8 heteroatoms. The number of hydrogen-bond acceptors (Lipinski definition) is 8. The lowest BCUT2D eigenvalue weighted by Crippen LogP contribution is -2.08. The van der Waals surface area contributed by atoms with E-state index >= 15 is 0 Å². The van der Waals surface area contributed by atoms with Crippen LogP contribution in [0, 0.1) is 0 Å². The quantitative estimate of drug-likeness (QED) is 0.0357. The van der Waals surface area contributed by atoms with Crippen LogP contribution >= 0.6 is 0 Å². The van der Waals surface area contributed by atoms with Crippen LogP contribution in [0.4, 0.5) is 0 Å². The molecule has 0 radical (unpaired) electrons. The molecule has 0 atom stereocenters. The van der Waals surface area contributed by atoms with Crippen molar-refractivity contribution >= 4 is 0 Å². The van der Waals surface area contributed by atoms with Gasteiger partial charge in [-0.25, -0.2) is 0 Å². The van der Waals surface area contributed by atoms with Crippen molar-refractivity contribution < 1.29 is 37.9 Å². The fourth-order valence-electron chi connectivity index (χ4n) is 16.3. The van der Waals surface area contributed by atoms with Gasteiger partial charge in [-0.05, 0) is 144 Å². The van der Waals surface area contributed by atoms with Gasteiger partial charge in [0.25, 0.3) is 0 Å². The Kier molecular flexibility index (Phi) is 59.7. The summed E-state index contributed by atoms with van der Waals surface area (Å²) in [6.07, 6.45) is 79.3. The second-order valence-corrected chi connectivity index (χ2v) is 34.0. The highest BCUT2D eigenvalue weighted by Gasteiger charge is 2.31. The monoisotopic (exact) mass is 1550 g/mol. The molecule has 8 nitrogen and oxygen atoms in total. The summed E-state index contributed by atoms with van der Waals surface area (Å²) in [5.41, 5.74) is 8.64. The standard InChI is InChI=1S/C104H176O8/c1-9-17-25-33-41-49-57-65-73-105-97-81-89-90(82-98(97)106-74-66-58-50-42-34-26-18-10-2)92-84-100(108-76-68-60-52-44-36-28-20-12-4)102(110-78-70-62-54-46-38-30-22-14-6)86-94(92)96-88-104(112-80-72-64-56-48-40-32-24-16-8)103(111-79-71-63-55-47-39-31-23-15-7)87-95(96)93-85-101(109-77-69-61-53-45-37-29-21-13-5)99(83-91(89)93)107-75-67-59-51-43-35-27-19-11-3/h81-88H,9-80H2,1-8H3. The second kappa shape index (κ2) is 68.4. The molecule has 1 aliphatic rings. The van der Waals surface area contributed by atoms with E-state index in [1.807, 2.05) is 0 Å². The predicted molar refractivity (Wildman–Crippen MR) is 487 cm³/mol. The van der Waals surface area contributed by atoms with Crippen molar-refractivity contribution in [1.82, 2.24) is 0 Å². The first-order valence-electron chi connectivity index (χ1n) is 49.2. The highest BCUT2D eigenvalue weighted by atomic mass is 16.5. The molecule has 0 aliphatic heterocycles. The van der Waals surface area contributed by atoms with Crippen LogP contribution in [-0.4, -0.2) is 52.9 Å². The van der Waals surface area contributed by atoms with Gasteiger partial charge in [-0.1, -0.05) is 415 Å². The van der Waals surface area contributed by atoms with Gasteiger partial charge in [0.2, 0.25) is 0 Å². The van der Waals surface area contributed by atoms with Gasteiger partial charge < -0.3 is 37.9 Å². The van der Waals surface area contributed by atoms with Crippen molar-refractivity contribution in [2.75, 3.05) is 52.9 Å². The van der Waals surface area contributed by atoms with Gasteiger partial charge in [0.05, 0.1) is 52.9 Å². The summed E-state index contributed by atoms with van der Waals surface area (Å²) in [7, 11) is 0. The van der Waals surface area contributed by atoms with Crippen LogP contribution in [-0.2, 0) is 0 Å². The molecule has 0 unspecified atom stereocenters. The lowest BCUT2D eigenvalue weighted by molar-refractivity contribution is 0.258. The normalized spacial score (nSPS) is 11.6. The molecule has 0 bridgehead atoms. The van der Waals surface area contributed by atoms with Crippen LogP contribution in [0.25, 0.3) is 44.5 Å². The summed E-state index contributed by atoms with van der Waals surface area (Å²) in [6.45, 7) is 23.5. The molecule has 0 spiro atoms. The van der Waals surface area contributed by atoms with E-state index in [9.17, 15) is 0 Å². The van der Waals surface area contributed by atoms with E-state index in [4.69, 9.17) is 37.9 Å². The van der Waals surface area contributed by atoms with Crippen LogP contribution in [0.1, 0.15) is 466 Å². The molecule has 5 rings (SSSR count). The number of benzene rings is 4. The zero-order chi connectivity index (χ0) is 79.5. The highest BCUT2D eigenvalue weighted by Crippen LogP contribution is 2.56. The van der Waals surface area contributed by atoms with Crippen molar-refractivity contribution in [3.05, 3.63) is 48.5 Å². The zero-order valence-electron chi connectivity index (χ0n) is 74.8. The van der Waals surface area contributed by atoms with Crippen molar-refractivity contribution in [2.24, 2.45) is 0 Å². The Bertz CT molecular complexity index is 2260. The summed E-state index contributed by atoms with van der Waals surface area (Å²) >= 11 is 0. The maximum Gasteiger partial charge on any atom is 0.161 e. The van der Waals surface area contributed by atoms with E-state index < -0.39 is 0 Å². The molecule has 640 valence electrons. The van der Waals surface area contributed by atoms with Crippen LogP contribution < -0.4 is 37.9 Å². The van der Waals surface area contributed by atoms with Crippen molar-refractivity contribution in [3.63, 3.8) is 0 Å². The largest absolute Gasteiger partial charge is 0.490 e. The van der Waals surface area contributed by atoms with Crippen LogP contribution in [0.2, 0.25) is 0 Å². The summed E-state index contributed by atoms with van der Waals surface area (Å²) in [6, 6.07) is 18.8. The number of fused-ring (bicyclic) bond motifs is 8. The third-order valence-electron chi connectivity index (χ3n) is 23.5. The molecule has 4 aromatic carbocycles. The highest BCUT2D eigenvalue weighted by molar-refractivity contribution is 6.05. The van der Waals surface area contributed by atoms with E-state index in [1.54, 1.807) is 0 Å². The molecule has 0 saturated carbocycles. The Hall–Kier alpha value is -4.72. The van der Waals surface area contributed by atoms with E-state index in [2.05, 4.69) is 104 Å². The minimum atomic E-state index is 0.629. The van der Waals surface area contributed by atoms with Gasteiger partial charge in [0.15, 0.2) is 46.0 Å². The van der Waals surface area contributed by atoms with E-state index in [0.717, 1.165) is 193 Å². The third kappa shape index (κ3) is 42.9. The first-order chi connectivity index (χ1) is 55.5. The van der Waals surface area contributed by atoms with Crippen molar-refractivity contribution in [2.45, 2.75) is 466 Å². The van der Waals surface area contributed by atoms with Crippen LogP contribution in [0.5, 0.6) is 46.0 Å². The lowest BCUT2D eigenvalue weighted by Gasteiger charge is -2.28. The van der Waals surface area contributed by atoms with Gasteiger partial charge >= 0.3 is 0 Å². The van der Waals surface area contributed by atoms with Crippen molar-refractivity contribution in [1.29, 1.82) is 0 Å².